The molecule has 0 bridgehead atoms. The van der Waals surface area contributed by atoms with Gasteiger partial charge in [0.05, 0.1) is 11.5 Å². The minimum absolute atomic E-state index is 0.0808. The van der Waals surface area contributed by atoms with Crippen LogP contribution >= 0.6 is 46.7 Å². The summed E-state index contributed by atoms with van der Waals surface area (Å²) in [5, 5.41) is 1.09. The van der Waals surface area contributed by atoms with Gasteiger partial charge in [-0.3, -0.25) is 19.4 Å². The lowest BCUT2D eigenvalue weighted by Gasteiger charge is -2.26. The molecule has 0 aromatic heterocycles. The minimum Gasteiger partial charge on any atom is -0.295 e. The van der Waals surface area contributed by atoms with Crippen LogP contribution in [0.3, 0.4) is 0 Å². The first-order chi connectivity index (χ1) is 15.5. The van der Waals surface area contributed by atoms with Crippen LogP contribution in [-0.2, 0) is 9.59 Å². The Bertz CT molecular complexity index is 1060. The van der Waals surface area contributed by atoms with Crippen LogP contribution in [0.4, 0.5) is 11.4 Å². The number of nitrogens with zero attached hydrogens (tertiary/aromatic N) is 2. The highest BCUT2D eigenvalue weighted by Gasteiger charge is 2.36. The minimum atomic E-state index is -0.0945. The molecule has 2 aliphatic heterocycles. The molecule has 3 aromatic carbocycles. The Hall–Kier alpha value is -2.12. The van der Waals surface area contributed by atoms with Gasteiger partial charge in [0.1, 0.15) is 10.7 Å². The maximum atomic E-state index is 12.6. The van der Waals surface area contributed by atoms with Gasteiger partial charge >= 0.3 is 0 Å². The average molecular weight is 501 g/mol. The quantitative estimate of drug-likeness (QED) is 0.407. The highest BCUT2D eigenvalue weighted by atomic mass is 35.5. The molecule has 4 nitrogen and oxygen atoms in total. The maximum Gasteiger partial charge on any atom is 0.238 e. The van der Waals surface area contributed by atoms with E-state index < -0.39 is 0 Å². The van der Waals surface area contributed by atoms with E-state index in [1.807, 2.05) is 34.1 Å². The molecule has 2 aliphatic rings. The Morgan fingerprint density at radius 2 is 0.938 bits per heavy atom. The first kappa shape index (κ1) is 21.7. The van der Waals surface area contributed by atoms with Crippen LogP contribution in [0.5, 0.6) is 0 Å². The molecule has 2 heterocycles. The molecule has 2 saturated heterocycles. The summed E-state index contributed by atoms with van der Waals surface area (Å²) >= 11 is 15.3. The average Bonchev–Trinajstić information content (AvgIpc) is 3.38. The summed E-state index contributed by atoms with van der Waals surface area (Å²) in [5.41, 5.74) is 3.77. The Kier molecular flexibility index (Phi) is 6.12. The zero-order valence-electron chi connectivity index (χ0n) is 16.8. The summed E-state index contributed by atoms with van der Waals surface area (Å²) in [7, 11) is 0. The van der Waals surface area contributed by atoms with E-state index in [4.69, 9.17) is 23.2 Å². The topological polar surface area (TPSA) is 40.6 Å². The molecule has 0 aliphatic carbocycles. The van der Waals surface area contributed by atoms with Crippen LogP contribution in [0.1, 0.15) is 21.9 Å². The first-order valence-electron chi connectivity index (χ1n) is 9.99. The number of hydrogen-bond donors (Lipinski definition) is 0. The smallest absolute Gasteiger partial charge is 0.238 e. The molecule has 0 unspecified atom stereocenters. The predicted octanol–water partition coefficient (Wildman–Crippen LogP) is 6.55. The van der Waals surface area contributed by atoms with Gasteiger partial charge in [0.25, 0.3) is 0 Å². The fourth-order valence-corrected chi connectivity index (χ4v) is 6.54. The van der Waals surface area contributed by atoms with Gasteiger partial charge < -0.3 is 0 Å². The van der Waals surface area contributed by atoms with Gasteiger partial charge in [-0.15, -0.1) is 23.5 Å². The second kappa shape index (κ2) is 9.02. The number of benzene rings is 3. The summed E-state index contributed by atoms with van der Waals surface area (Å²) in [6, 6.07) is 22.9. The van der Waals surface area contributed by atoms with Crippen LogP contribution < -0.4 is 9.80 Å². The van der Waals surface area contributed by atoms with Gasteiger partial charge in [0, 0.05) is 21.4 Å². The molecule has 0 saturated carbocycles. The summed E-state index contributed by atoms with van der Waals surface area (Å²) in [5.74, 6) is 1.04. The predicted molar refractivity (Wildman–Crippen MR) is 135 cm³/mol. The second-order valence-corrected chi connectivity index (χ2v) is 10.5. The molecule has 0 radical (unpaired) electrons. The number of carbonyl (C=O) groups excluding carboxylic acids is 2. The van der Waals surface area contributed by atoms with Crippen LogP contribution in [0, 0.1) is 0 Å². The maximum absolute atomic E-state index is 12.6. The largest absolute Gasteiger partial charge is 0.295 e. The van der Waals surface area contributed by atoms with Gasteiger partial charge in [-0.1, -0.05) is 47.5 Å². The van der Waals surface area contributed by atoms with Crippen molar-refractivity contribution in [2.45, 2.75) is 10.7 Å². The Balaban J connectivity index is 1.41. The van der Waals surface area contributed by atoms with Crippen LogP contribution in [-0.4, -0.2) is 23.3 Å². The third kappa shape index (κ3) is 4.13. The lowest BCUT2D eigenvalue weighted by Crippen LogP contribution is -2.28. The van der Waals surface area contributed by atoms with Crippen molar-refractivity contribution in [2.75, 3.05) is 21.3 Å². The first-order valence-corrected chi connectivity index (χ1v) is 12.8. The molecule has 5 rings (SSSR count). The standard InChI is InChI=1S/C24H18Cl2N2O2S2/c25-17-5-9-19(10-6-17)27-21(29)13-31-23(27)15-1-2-16(4-3-15)24-28(22(30)14-32-24)20-11-7-18(26)8-12-20/h1-12,23-24H,13-14H2/t23-,24-/m1/s1. The zero-order valence-corrected chi connectivity index (χ0v) is 19.9. The van der Waals surface area contributed by atoms with E-state index in [1.54, 1.807) is 47.8 Å². The molecule has 162 valence electrons. The van der Waals surface area contributed by atoms with Gasteiger partial charge in [-0.2, -0.15) is 0 Å². The Morgan fingerprint density at radius 1 is 0.594 bits per heavy atom. The van der Waals surface area contributed by atoms with E-state index >= 15 is 0 Å². The number of halogens is 2. The lowest BCUT2D eigenvalue weighted by atomic mass is 10.1. The van der Waals surface area contributed by atoms with Crippen LogP contribution in [0.2, 0.25) is 10.0 Å². The van der Waals surface area contributed by atoms with Gasteiger partial charge in [-0.05, 0) is 59.7 Å². The fourth-order valence-electron chi connectivity index (χ4n) is 3.93. The molecule has 2 amide bonds. The number of hydrogen-bond acceptors (Lipinski definition) is 4. The number of amides is 2. The van der Waals surface area contributed by atoms with Gasteiger partial charge in [-0.25, -0.2) is 0 Å². The molecule has 2 atom stereocenters. The summed E-state index contributed by atoms with van der Waals surface area (Å²) in [6.45, 7) is 0. The normalized spacial score (nSPS) is 20.9. The van der Waals surface area contributed by atoms with Crippen molar-refractivity contribution in [1.29, 1.82) is 0 Å². The number of thioether (sulfide) groups is 2. The third-order valence-electron chi connectivity index (χ3n) is 5.45. The second-order valence-electron chi connectivity index (χ2n) is 7.47. The SMILES string of the molecule is O=C1CS[C@H](c2ccc([C@H]3SCC(=O)N3c3ccc(Cl)cc3)cc2)N1c1ccc(Cl)cc1. The Morgan fingerprint density at radius 3 is 1.28 bits per heavy atom. The zero-order chi connectivity index (χ0) is 22.2. The van der Waals surface area contributed by atoms with E-state index in [0.717, 1.165) is 22.5 Å². The number of carbonyl (C=O) groups is 2. The monoisotopic (exact) mass is 500 g/mol. The molecular formula is C24H18Cl2N2O2S2. The highest BCUT2D eigenvalue weighted by Crippen LogP contribution is 2.45. The van der Waals surface area contributed by atoms with Gasteiger partial charge in [0.15, 0.2) is 0 Å². The molecule has 2 fully saturated rings. The molecule has 0 N–H and O–H groups in total. The van der Waals surface area contributed by atoms with Crippen molar-refractivity contribution in [3.63, 3.8) is 0 Å². The Labute approximate surface area is 204 Å². The van der Waals surface area contributed by atoms with Crippen molar-refractivity contribution in [3.8, 4) is 0 Å². The van der Waals surface area contributed by atoms with Gasteiger partial charge in [0.2, 0.25) is 11.8 Å². The summed E-state index contributed by atoms with van der Waals surface area (Å²) in [6.07, 6.45) is 0. The number of rotatable bonds is 4. The summed E-state index contributed by atoms with van der Waals surface area (Å²) < 4.78 is 0. The van der Waals surface area contributed by atoms with E-state index in [9.17, 15) is 9.59 Å². The van der Waals surface area contributed by atoms with Crippen molar-refractivity contribution in [2.24, 2.45) is 0 Å². The fraction of sp³-hybridized carbons (Fsp3) is 0.167. The van der Waals surface area contributed by atoms with Crippen LogP contribution in [0.15, 0.2) is 72.8 Å². The van der Waals surface area contributed by atoms with E-state index in [0.29, 0.717) is 21.6 Å². The number of anilines is 2. The van der Waals surface area contributed by atoms with Crippen molar-refractivity contribution in [1.82, 2.24) is 0 Å². The van der Waals surface area contributed by atoms with E-state index in [-0.39, 0.29) is 22.6 Å². The third-order valence-corrected chi connectivity index (χ3v) is 8.38. The molecule has 8 heteroatoms. The van der Waals surface area contributed by atoms with Crippen LogP contribution in [0.25, 0.3) is 0 Å². The molecule has 32 heavy (non-hydrogen) atoms. The van der Waals surface area contributed by atoms with E-state index in [2.05, 4.69) is 24.3 Å². The highest BCUT2D eigenvalue weighted by molar-refractivity contribution is 8.01. The summed E-state index contributed by atoms with van der Waals surface area (Å²) in [4.78, 5) is 28.8. The lowest BCUT2D eigenvalue weighted by molar-refractivity contribution is -0.116. The van der Waals surface area contributed by atoms with Crippen molar-refractivity contribution in [3.05, 3.63) is 94.0 Å². The molecular weight excluding hydrogens is 483 g/mol. The van der Waals surface area contributed by atoms with Crippen molar-refractivity contribution < 1.29 is 9.59 Å². The molecule has 0 spiro atoms. The van der Waals surface area contributed by atoms with Crippen molar-refractivity contribution >= 4 is 69.9 Å². The van der Waals surface area contributed by atoms with E-state index in [1.165, 1.54) is 0 Å². The molecule has 3 aromatic rings.